The zero-order chi connectivity index (χ0) is 3.41. The van der Waals surface area contributed by atoms with Gasteiger partial charge in [0.15, 0.2) is 0 Å². The van der Waals surface area contributed by atoms with E-state index in [-0.39, 0.29) is 0 Å². The molecule has 0 aromatic carbocycles. The van der Waals surface area contributed by atoms with Crippen LogP contribution in [0.5, 0.6) is 0 Å². The van der Waals surface area contributed by atoms with Crippen LogP contribution in [0.4, 0.5) is 0 Å². The molecule has 26 valence electrons. The normalized spacial score (nSPS) is 11.2. The number of hydrogen-bond acceptors (Lipinski definition) is 2. The molecule has 0 amide bonds. The Hall–Kier alpha value is 0.354. The SMILES string of the molecule is O[SiH2]N[SiH3]. The van der Waals surface area contributed by atoms with Crippen LogP contribution < -0.4 is 4.65 Å². The van der Waals surface area contributed by atoms with Crippen LogP contribution in [-0.4, -0.2) is 25.1 Å². The van der Waals surface area contributed by atoms with Crippen molar-refractivity contribution in [1.29, 1.82) is 0 Å². The van der Waals surface area contributed by atoms with E-state index in [9.17, 15) is 0 Å². The lowest BCUT2D eigenvalue weighted by Gasteiger charge is -1.74. The molecule has 4 heavy (non-hydrogen) atoms. The van der Waals surface area contributed by atoms with Crippen molar-refractivity contribution in [3.05, 3.63) is 0 Å². The summed E-state index contributed by atoms with van der Waals surface area (Å²) in [6.07, 6.45) is 0. The summed E-state index contributed by atoms with van der Waals surface area (Å²) in [5, 5.41) is 0. The Balaban J connectivity index is 1.97. The van der Waals surface area contributed by atoms with Crippen LogP contribution in [0.3, 0.4) is 0 Å². The summed E-state index contributed by atoms with van der Waals surface area (Å²) in [5.74, 6) is 0. The molecule has 0 aliphatic heterocycles. The lowest BCUT2D eigenvalue weighted by molar-refractivity contribution is 0.598. The Morgan fingerprint density at radius 1 is 2.00 bits per heavy atom. The molecule has 0 fully saturated rings. The number of rotatable bonds is 1. The molecule has 0 rings (SSSR count). The van der Waals surface area contributed by atoms with Crippen molar-refractivity contribution in [2.75, 3.05) is 0 Å². The molecule has 0 saturated carbocycles. The Bertz CT molecular complexity index is 8.00. The van der Waals surface area contributed by atoms with E-state index in [1.54, 1.807) is 0 Å². The predicted molar refractivity (Wildman–Crippen MR) is 23.8 cm³/mol. The number of hydrogen-bond donors (Lipinski definition) is 2. The topological polar surface area (TPSA) is 32.3 Å². The summed E-state index contributed by atoms with van der Waals surface area (Å²) < 4.78 is 2.76. The summed E-state index contributed by atoms with van der Waals surface area (Å²) in [5.41, 5.74) is 0. The van der Waals surface area contributed by atoms with E-state index in [2.05, 4.69) is 4.65 Å². The van der Waals surface area contributed by atoms with E-state index in [0.717, 1.165) is 10.4 Å². The highest BCUT2D eigenvalue weighted by atomic mass is 28.3. The van der Waals surface area contributed by atoms with Gasteiger partial charge in [-0.05, 0) is 0 Å². The quantitative estimate of drug-likeness (QED) is 0.336. The van der Waals surface area contributed by atoms with Crippen molar-refractivity contribution in [1.82, 2.24) is 4.65 Å². The van der Waals surface area contributed by atoms with Gasteiger partial charge in [0.25, 0.3) is 0 Å². The molecule has 0 bridgehead atoms. The van der Waals surface area contributed by atoms with Crippen LogP contribution in [0, 0.1) is 0 Å². The van der Waals surface area contributed by atoms with Crippen molar-refractivity contribution in [2.45, 2.75) is 0 Å². The molecule has 2 N–H and O–H groups in total. The zero-order valence-corrected chi connectivity index (χ0v) is 6.07. The third-order valence-electron chi connectivity index (χ3n) is 0.158. The Kier molecular flexibility index (Phi) is 3.65. The van der Waals surface area contributed by atoms with Crippen molar-refractivity contribution in [3.8, 4) is 0 Å². The third kappa shape index (κ3) is 2.35. The van der Waals surface area contributed by atoms with E-state index in [1.807, 2.05) is 0 Å². The summed E-state index contributed by atoms with van der Waals surface area (Å²) in [4.78, 5) is 7.94. The molecule has 0 heterocycles. The summed E-state index contributed by atoms with van der Waals surface area (Å²) in [6.45, 7) is 0. The van der Waals surface area contributed by atoms with Crippen LogP contribution in [0.1, 0.15) is 0 Å². The van der Waals surface area contributed by atoms with Gasteiger partial charge in [-0.25, -0.2) is 0 Å². The predicted octanol–water partition coefficient (Wildman–Crippen LogP) is -3.15. The fourth-order valence-corrected chi connectivity index (χ4v) is 0. The van der Waals surface area contributed by atoms with Gasteiger partial charge < -0.3 is 9.44 Å². The van der Waals surface area contributed by atoms with E-state index >= 15 is 0 Å². The van der Waals surface area contributed by atoms with Gasteiger partial charge in [-0.1, -0.05) is 0 Å². The highest BCUT2D eigenvalue weighted by Gasteiger charge is 1.55. The van der Waals surface area contributed by atoms with E-state index in [4.69, 9.17) is 4.80 Å². The Morgan fingerprint density at radius 2 is 2.25 bits per heavy atom. The van der Waals surface area contributed by atoms with Crippen molar-refractivity contribution in [3.63, 3.8) is 0 Å². The molecule has 0 radical (unpaired) electrons. The standard InChI is InChI=1S/H7NOSi2/c2-4-1-3/h1-2H,4H2,3H3. The van der Waals surface area contributed by atoms with Gasteiger partial charge in [0.2, 0.25) is 9.92 Å². The van der Waals surface area contributed by atoms with Crippen molar-refractivity contribution in [2.24, 2.45) is 0 Å². The minimum absolute atomic E-state index is 0.764. The molecule has 0 aromatic rings. The summed E-state index contributed by atoms with van der Waals surface area (Å²) in [7, 11) is 0.188. The average Bonchev–Trinajstić information content (AvgIpc) is 1.37. The second kappa shape index (κ2) is 3.35. The lowest BCUT2D eigenvalue weighted by atomic mass is 13.9. The second-order valence-corrected chi connectivity index (χ2v) is 3.66. The van der Waals surface area contributed by atoms with E-state index in [1.165, 1.54) is 0 Å². The molecule has 0 saturated heterocycles. The summed E-state index contributed by atoms with van der Waals surface area (Å²) in [6, 6.07) is 0. The van der Waals surface area contributed by atoms with E-state index in [0.29, 0.717) is 0 Å². The number of nitrogens with one attached hydrogen (secondary N) is 1. The monoisotopic (exact) mass is 93.0 g/mol. The third-order valence-corrected chi connectivity index (χ3v) is 1.42. The van der Waals surface area contributed by atoms with Crippen LogP contribution in [-0.2, 0) is 0 Å². The molecule has 4 heteroatoms. The first-order chi connectivity index (χ1) is 1.91. The van der Waals surface area contributed by atoms with Crippen LogP contribution in [0.25, 0.3) is 0 Å². The molecular formula is H7NOSi2. The molecule has 0 aliphatic rings. The minimum Gasteiger partial charge on any atom is -0.424 e. The van der Waals surface area contributed by atoms with Crippen LogP contribution in [0.15, 0.2) is 0 Å². The van der Waals surface area contributed by atoms with E-state index < -0.39 is 9.92 Å². The first kappa shape index (κ1) is 4.35. The van der Waals surface area contributed by atoms with Crippen molar-refractivity contribution < 1.29 is 4.80 Å². The van der Waals surface area contributed by atoms with Gasteiger partial charge in [0.05, 0.1) is 10.4 Å². The fourth-order valence-electron chi connectivity index (χ4n) is 0. The average molecular weight is 93.2 g/mol. The van der Waals surface area contributed by atoms with Gasteiger partial charge in [-0.15, -0.1) is 0 Å². The first-order valence-electron chi connectivity index (χ1n) is 1.17. The second-order valence-electron chi connectivity index (χ2n) is 0.512. The highest BCUT2D eigenvalue weighted by Crippen LogP contribution is 1.15. The molecule has 0 aromatic heterocycles. The van der Waals surface area contributed by atoms with Gasteiger partial charge in [-0.3, -0.25) is 0 Å². The molecule has 0 aliphatic carbocycles. The zero-order valence-electron chi connectivity index (χ0n) is 2.65. The molecular weight excluding hydrogens is 86.2 g/mol. The largest absolute Gasteiger partial charge is 0.424 e. The van der Waals surface area contributed by atoms with Gasteiger partial charge in [0.1, 0.15) is 0 Å². The molecule has 2 nitrogen and oxygen atoms in total. The molecule has 0 spiro atoms. The minimum atomic E-state index is -0.764. The Morgan fingerprint density at radius 3 is 2.25 bits per heavy atom. The smallest absolute Gasteiger partial charge is 0.225 e. The highest BCUT2D eigenvalue weighted by molar-refractivity contribution is 6.34. The van der Waals surface area contributed by atoms with Gasteiger partial charge in [-0.2, -0.15) is 0 Å². The molecule has 0 unspecified atom stereocenters. The summed E-state index contributed by atoms with van der Waals surface area (Å²) >= 11 is 0. The first-order valence-corrected chi connectivity index (χ1v) is 3.51. The van der Waals surface area contributed by atoms with Gasteiger partial charge >= 0.3 is 0 Å². The Labute approximate surface area is 30.7 Å². The van der Waals surface area contributed by atoms with Gasteiger partial charge in [0, 0.05) is 0 Å². The lowest BCUT2D eigenvalue weighted by Crippen LogP contribution is -2.12. The molecule has 0 atom stereocenters. The maximum absolute atomic E-state index is 7.94. The van der Waals surface area contributed by atoms with Crippen LogP contribution in [0.2, 0.25) is 0 Å². The maximum Gasteiger partial charge on any atom is 0.225 e. The fraction of sp³-hybridized carbons (Fsp3) is 0. The van der Waals surface area contributed by atoms with Crippen LogP contribution >= 0.6 is 0 Å². The maximum atomic E-state index is 7.94. The van der Waals surface area contributed by atoms with Crippen molar-refractivity contribution >= 4 is 20.3 Å².